The average molecular weight is 218 g/mol. The molecular weight excluding hydrogens is 196 g/mol. The van der Waals surface area contributed by atoms with Crippen molar-refractivity contribution in [1.29, 1.82) is 0 Å². The number of hydrogen-bond acceptors (Lipinski definition) is 2. The first-order chi connectivity index (χ1) is 7.63. The fourth-order valence-corrected chi connectivity index (χ4v) is 2.77. The van der Waals surface area contributed by atoms with Crippen molar-refractivity contribution in [3.63, 3.8) is 0 Å². The lowest BCUT2D eigenvalue weighted by Crippen LogP contribution is -2.21. The predicted octanol–water partition coefficient (Wildman–Crippen LogP) is 2.25. The fraction of sp³-hybridized carbons (Fsp3) is 0.571. The van der Waals surface area contributed by atoms with E-state index in [-0.39, 0.29) is 0 Å². The molecule has 0 bridgehead atoms. The van der Waals surface area contributed by atoms with Crippen LogP contribution in [0.1, 0.15) is 29.2 Å². The van der Waals surface area contributed by atoms with Crippen molar-refractivity contribution in [2.24, 2.45) is 11.7 Å². The van der Waals surface area contributed by atoms with Crippen molar-refractivity contribution in [1.82, 2.24) is 4.90 Å². The Bertz CT molecular complexity index is 373. The predicted molar refractivity (Wildman–Crippen MR) is 68.4 cm³/mol. The molecule has 1 heterocycles. The monoisotopic (exact) mass is 218 g/mol. The summed E-state index contributed by atoms with van der Waals surface area (Å²) in [5, 5.41) is 0. The van der Waals surface area contributed by atoms with Gasteiger partial charge in [-0.25, -0.2) is 0 Å². The zero-order valence-corrected chi connectivity index (χ0v) is 10.5. The standard InChI is InChI=1S/C14H22N2/c1-10-5-4-6-13(11(10)2)14-7-12(8-15)9-16(14)3/h4-6,12,14H,7-9,15H2,1-3H3. The second-order valence-corrected chi connectivity index (χ2v) is 5.08. The van der Waals surface area contributed by atoms with Gasteiger partial charge in [0.15, 0.2) is 0 Å². The van der Waals surface area contributed by atoms with Crippen LogP contribution < -0.4 is 5.73 Å². The molecule has 1 aromatic rings. The molecular formula is C14H22N2. The Morgan fingerprint density at radius 2 is 2.12 bits per heavy atom. The van der Waals surface area contributed by atoms with Gasteiger partial charge in [-0.2, -0.15) is 0 Å². The minimum atomic E-state index is 0.563. The van der Waals surface area contributed by atoms with Crippen LogP contribution in [-0.2, 0) is 0 Å². The molecule has 0 radical (unpaired) electrons. The molecule has 0 aromatic heterocycles. The van der Waals surface area contributed by atoms with E-state index in [2.05, 4.69) is 44.0 Å². The second-order valence-electron chi connectivity index (χ2n) is 5.08. The molecule has 1 fully saturated rings. The van der Waals surface area contributed by atoms with E-state index >= 15 is 0 Å². The second kappa shape index (κ2) is 4.56. The molecule has 0 spiro atoms. The third-order valence-corrected chi connectivity index (χ3v) is 3.97. The molecule has 2 atom stereocenters. The van der Waals surface area contributed by atoms with Crippen LogP contribution in [-0.4, -0.2) is 25.0 Å². The Balaban J connectivity index is 2.28. The molecule has 2 nitrogen and oxygen atoms in total. The quantitative estimate of drug-likeness (QED) is 0.825. The molecule has 0 amide bonds. The van der Waals surface area contributed by atoms with Gasteiger partial charge in [0.05, 0.1) is 0 Å². The normalized spacial score (nSPS) is 26.2. The van der Waals surface area contributed by atoms with Gasteiger partial charge >= 0.3 is 0 Å². The molecule has 1 saturated heterocycles. The van der Waals surface area contributed by atoms with Crippen LogP contribution in [0, 0.1) is 19.8 Å². The van der Waals surface area contributed by atoms with Gasteiger partial charge in [-0.3, -0.25) is 4.90 Å². The lowest BCUT2D eigenvalue weighted by atomic mass is 9.94. The van der Waals surface area contributed by atoms with E-state index in [0.717, 1.165) is 13.1 Å². The molecule has 16 heavy (non-hydrogen) atoms. The third kappa shape index (κ3) is 2.00. The van der Waals surface area contributed by atoms with Crippen molar-refractivity contribution in [2.75, 3.05) is 20.1 Å². The van der Waals surface area contributed by atoms with E-state index in [0.29, 0.717) is 12.0 Å². The Kier molecular flexibility index (Phi) is 3.31. The van der Waals surface area contributed by atoms with Gasteiger partial charge in [0.2, 0.25) is 0 Å². The number of benzene rings is 1. The van der Waals surface area contributed by atoms with Gasteiger partial charge < -0.3 is 5.73 Å². The lowest BCUT2D eigenvalue weighted by molar-refractivity contribution is 0.313. The van der Waals surface area contributed by atoms with Gasteiger partial charge in [0, 0.05) is 12.6 Å². The first kappa shape index (κ1) is 11.6. The van der Waals surface area contributed by atoms with Crippen molar-refractivity contribution >= 4 is 0 Å². The highest BCUT2D eigenvalue weighted by Crippen LogP contribution is 2.35. The van der Waals surface area contributed by atoms with Gasteiger partial charge in [-0.1, -0.05) is 18.2 Å². The molecule has 1 aliphatic rings. The molecule has 0 saturated carbocycles. The van der Waals surface area contributed by atoms with Crippen molar-refractivity contribution in [3.8, 4) is 0 Å². The largest absolute Gasteiger partial charge is 0.330 e. The summed E-state index contributed by atoms with van der Waals surface area (Å²) in [4.78, 5) is 2.44. The van der Waals surface area contributed by atoms with Crippen LogP contribution in [0.4, 0.5) is 0 Å². The topological polar surface area (TPSA) is 29.3 Å². The van der Waals surface area contributed by atoms with E-state index in [4.69, 9.17) is 5.73 Å². The number of aryl methyl sites for hydroxylation is 1. The Morgan fingerprint density at radius 1 is 1.38 bits per heavy atom. The highest BCUT2D eigenvalue weighted by Gasteiger charge is 2.30. The Morgan fingerprint density at radius 3 is 2.75 bits per heavy atom. The Hall–Kier alpha value is -0.860. The van der Waals surface area contributed by atoms with Gasteiger partial charge in [-0.05, 0) is 56.5 Å². The number of nitrogens with zero attached hydrogens (tertiary/aromatic N) is 1. The molecule has 2 rings (SSSR count). The Labute approximate surface area is 98.4 Å². The van der Waals surface area contributed by atoms with Crippen molar-refractivity contribution < 1.29 is 0 Å². The van der Waals surface area contributed by atoms with E-state index in [9.17, 15) is 0 Å². The fourth-order valence-electron chi connectivity index (χ4n) is 2.77. The summed E-state index contributed by atoms with van der Waals surface area (Å²) in [6.07, 6.45) is 1.21. The van der Waals surface area contributed by atoms with E-state index in [1.54, 1.807) is 0 Å². The molecule has 2 N–H and O–H groups in total. The highest BCUT2D eigenvalue weighted by atomic mass is 15.2. The number of nitrogens with two attached hydrogens (primary N) is 1. The summed E-state index contributed by atoms with van der Waals surface area (Å²) < 4.78 is 0. The highest BCUT2D eigenvalue weighted by molar-refractivity contribution is 5.35. The maximum Gasteiger partial charge on any atom is 0.0351 e. The summed E-state index contributed by atoms with van der Waals surface area (Å²) in [7, 11) is 2.21. The molecule has 1 aromatic carbocycles. The smallest absolute Gasteiger partial charge is 0.0351 e. The first-order valence-corrected chi connectivity index (χ1v) is 6.10. The van der Waals surface area contributed by atoms with E-state index in [1.807, 2.05) is 0 Å². The van der Waals surface area contributed by atoms with Gasteiger partial charge in [0.25, 0.3) is 0 Å². The third-order valence-electron chi connectivity index (χ3n) is 3.97. The van der Waals surface area contributed by atoms with Crippen LogP contribution >= 0.6 is 0 Å². The van der Waals surface area contributed by atoms with Crippen LogP contribution in [0.2, 0.25) is 0 Å². The summed E-state index contributed by atoms with van der Waals surface area (Å²) in [6.45, 7) is 6.36. The summed E-state index contributed by atoms with van der Waals surface area (Å²) >= 11 is 0. The minimum Gasteiger partial charge on any atom is -0.330 e. The first-order valence-electron chi connectivity index (χ1n) is 6.10. The zero-order chi connectivity index (χ0) is 11.7. The van der Waals surface area contributed by atoms with Gasteiger partial charge in [-0.15, -0.1) is 0 Å². The van der Waals surface area contributed by atoms with Crippen molar-refractivity contribution in [3.05, 3.63) is 34.9 Å². The number of hydrogen-bond donors (Lipinski definition) is 1. The molecule has 2 heteroatoms. The maximum absolute atomic E-state index is 5.78. The SMILES string of the molecule is Cc1cccc(C2CC(CN)CN2C)c1C. The van der Waals surface area contributed by atoms with Crippen LogP contribution in [0.3, 0.4) is 0 Å². The zero-order valence-electron chi connectivity index (χ0n) is 10.5. The van der Waals surface area contributed by atoms with Crippen molar-refractivity contribution in [2.45, 2.75) is 26.3 Å². The average Bonchev–Trinajstić information content (AvgIpc) is 2.64. The minimum absolute atomic E-state index is 0.563. The van der Waals surface area contributed by atoms with E-state index in [1.165, 1.54) is 23.1 Å². The number of likely N-dealkylation sites (tertiary alicyclic amines) is 1. The molecule has 2 unspecified atom stereocenters. The maximum atomic E-state index is 5.78. The van der Waals surface area contributed by atoms with Gasteiger partial charge in [0.1, 0.15) is 0 Å². The number of rotatable bonds is 2. The molecule has 88 valence electrons. The van der Waals surface area contributed by atoms with Crippen LogP contribution in [0.15, 0.2) is 18.2 Å². The molecule has 1 aliphatic heterocycles. The van der Waals surface area contributed by atoms with Crippen LogP contribution in [0.25, 0.3) is 0 Å². The van der Waals surface area contributed by atoms with E-state index < -0.39 is 0 Å². The lowest BCUT2D eigenvalue weighted by Gasteiger charge is -2.22. The summed E-state index contributed by atoms with van der Waals surface area (Å²) in [6, 6.07) is 7.19. The molecule has 0 aliphatic carbocycles. The summed E-state index contributed by atoms with van der Waals surface area (Å²) in [5.74, 6) is 0.662. The van der Waals surface area contributed by atoms with Crippen LogP contribution in [0.5, 0.6) is 0 Å². The summed E-state index contributed by atoms with van der Waals surface area (Å²) in [5.41, 5.74) is 10.1.